The van der Waals surface area contributed by atoms with Crippen molar-refractivity contribution in [2.24, 2.45) is 0 Å². The molecule has 0 atom stereocenters. The third-order valence-electron chi connectivity index (χ3n) is 2.92. The molecule has 2 aromatic rings. The van der Waals surface area contributed by atoms with E-state index in [-0.39, 0.29) is 6.54 Å². The van der Waals surface area contributed by atoms with Crippen molar-refractivity contribution in [2.45, 2.75) is 6.54 Å². The number of amides is 1. The van der Waals surface area contributed by atoms with Gasteiger partial charge in [0.2, 0.25) is 0 Å². The van der Waals surface area contributed by atoms with Gasteiger partial charge in [-0.25, -0.2) is 13.6 Å². The number of rotatable bonds is 5. The molecule has 4 nitrogen and oxygen atoms in total. The van der Waals surface area contributed by atoms with Gasteiger partial charge >= 0.3 is 5.97 Å². The van der Waals surface area contributed by atoms with Gasteiger partial charge in [0, 0.05) is 11.0 Å². The van der Waals surface area contributed by atoms with Crippen LogP contribution < -0.4 is 5.32 Å². The molecule has 0 bridgehead atoms. The molecule has 1 N–H and O–H groups in total. The summed E-state index contributed by atoms with van der Waals surface area (Å²) in [4.78, 5) is 23.3. The quantitative estimate of drug-likeness (QED) is 0.806. The summed E-state index contributed by atoms with van der Waals surface area (Å²) in [6.07, 6.45) is 0. The third kappa shape index (κ3) is 4.85. The number of hydrogen-bond acceptors (Lipinski definition) is 3. The predicted octanol–water partition coefficient (Wildman–Crippen LogP) is 3.20. The van der Waals surface area contributed by atoms with Gasteiger partial charge in [0.25, 0.3) is 5.91 Å². The molecule has 0 spiro atoms. The first-order valence-electron chi connectivity index (χ1n) is 6.59. The smallest absolute Gasteiger partial charge is 0.341 e. The Morgan fingerprint density at radius 1 is 1.13 bits per heavy atom. The zero-order valence-electron chi connectivity index (χ0n) is 11.8. The van der Waals surface area contributed by atoms with E-state index >= 15 is 0 Å². The van der Waals surface area contributed by atoms with Crippen LogP contribution >= 0.6 is 15.9 Å². The zero-order chi connectivity index (χ0) is 16.8. The van der Waals surface area contributed by atoms with Crippen LogP contribution in [0, 0.1) is 11.6 Å². The molecule has 2 aromatic carbocycles. The van der Waals surface area contributed by atoms with Crippen LogP contribution in [0.4, 0.5) is 8.78 Å². The molecule has 0 heterocycles. The van der Waals surface area contributed by atoms with Crippen molar-refractivity contribution in [3.63, 3.8) is 0 Å². The summed E-state index contributed by atoms with van der Waals surface area (Å²) in [6.45, 7) is -0.342. The van der Waals surface area contributed by atoms with Crippen molar-refractivity contribution in [3.05, 3.63) is 69.7 Å². The van der Waals surface area contributed by atoms with E-state index < -0.39 is 35.7 Å². The van der Waals surface area contributed by atoms with Crippen molar-refractivity contribution in [1.29, 1.82) is 0 Å². The molecule has 2 rings (SSSR count). The van der Waals surface area contributed by atoms with Crippen molar-refractivity contribution in [3.8, 4) is 0 Å². The molecule has 0 radical (unpaired) electrons. The lowest BCUT2D eigenvalue weighted by Crippen LogP contribution is -2.28. The van der Waals surface area contributed by atoms with Gasteiger partial charge in [-0.1, -0.05) is 34.1 Å². The van der Waals surface area contributed by atoms with E-state index in [1.165, 1.54) is 0 Å². The normalized spacial score (nSPS) is 10.2. The van der Waals surface area contributed by atoms with Crippen LogP contribution in [-0.4, -0.2) is 18.5 Å². The molecular formula is C16H12BrF2NO3. The number of hydrogen-bond donors (Lipinski definition) is 1. The Labute approximate surface area is 139 Å². The van der Waals surface area contributed by atoms with Crippen LogP contribution in [0.1, 0.15) is 15.9 Å². The highest BCUT2D eigenvalue weighted by molar-refractivity contribution is 9.10. The standard InChI is InChI=1S/C16H12BrF2NO3/c17-13-4-2-1-3-10(13)8-20-15(21)9-23-16(22)12-7-11(18)5-6-14(12)19/h1-7H,8-9H2,(H,20,21). The Balaban J connectivity index is 1.86. The van der Waals surface area contributed by atoms with Crippen LogP contribution in [0.5, 0.6) is 0 Å². The molecule has 0 aliphatic carbocycles. The Hall–Kier alpha value is -2.28. The molecule has 0 aliphatic rings. The first-order valence-corrected chi connectivity index (χ1v) is 7.39. The maximum Gasteiger partial charge on any atom is 0.341 e. The van der Waals surface area contributed by atoms with Crippen LogP contribution in [0.2, 0.25) is 0 Å². The molecule has 0 aliphatic heterocycles. The second-order valence-electron chi connectivity index (χ2n) is 4.57. The zero-order valence-corrected chi connectivity index (χ0v) is 13.4. The first-order chi connectivity index (χ1) is 11.0. The van der Waals surface area contributed by atoms with Gasteiger partial charge < -0.3 is 10.1 Å². The molecule has 0 unspecified atom stereocenters. The first kappa shape index (κ1) is 17.1. The van der Waals surface area contributed by atoms with E-state index in [2.05, 4.69) is 26.0 Å². The summed E-state index contributed by atoms with van der Waals surface area (Å²) in [5, 5.41) is 2.56. The number of halogens is 3. The fourth-order valence-electron chi connectivity index (χ4n) is 1.75. The molecule has 0 fully saturated rings. The molecule has 0 aromatic heterocycles. The molecular weight excluding hydrogens is 372 g/mol. The maximum atomic E-state index is 13.4. The summed E-state index contributed by atoms with van der Waals surface area (Å²) < 4.78 is 31.9. The molecule has 0 saturated carbocycles. The number of ether oxygens (including phenoxy) is 1. The van der Waals surface area contributed by atoms with E-state index in [1.54, 1.807) is 0 Å². The van der Waals surface area contributed by atoms with E-state index in [0.29, 0.717) is 0 Å². The molecule has 23 heavy (non-hydrogen) atoms. The number of carbonyl (C=O) groups excluding carboxylic acids is 2. The minimum atomic E-state index is -1.10. The number of benzene rings is 2. The molecule has 120 valence electrons. The lowest BCUT2D eigenvalue weighted by atomic mass is 10.2. The van der Waals surface area contributed by atoms with Crippen molar-refractivity contribution >= 4 is 27.8 Å². The van der Waals surface area contributed by atoms with Crippen LogP contribution in [0.15, 0.2) is 46.9 Å². The van der Waals surface area contributed by atoms with E-state index in [9.17, 15) is 18.4 Å². The Morgan fingerprint density at radius 3 is 2.61 bits per heavy atom. The maximum absolute atomic E-state index is 13.4. The summed E-state index contributed by atoms with van der Waals surface area (Å²) in [5.74, 6) is -3.33. The highest BCUT2D eigenvalue weighted by Crippen LogP contribution is 2.15. The molecule has 1 amide bonds. The average molecular weight is 384 g/mol. The van der Waals surface area contributed by atoms with Gasteiger partial charge in [0.05, 0.1) is 5.56 Å². The monoisotopic (exact) mass is 383 g/mol. The fourth-order valence-corrected chi connectivity index (χ4v) is 2.17. The van der Waals surface area contributed by atoms with Crippen LogP contribution in [-0.2, 0) is 16.1 Å². The Morgan fingerprint density at radius 2 is 1.87 bits per heavy atom. The SMILES string of the molecule is O=C(COC(=O)c1cc(F)ccc1F)NCc1ccccc1Br. The third-order valence-corrected chi connectivity index (χ3v) is 3.69. The van der Waals surface area contributed by atoms with E-state index in [4.69, 9.17) is 0 Å². The highest BCUT2D eigenvalue weighted by Gasteiger charge is 2.15. The fraction of sp³-hybridized carbons (Fsp3) is 0.125. The topological polar surface area (TPSA) is 55.4 Å². The van der Waals surface area contributed by atoms with Gasteiger partial charge in [-0.15, -0.1) is 0 Å². The van der Waals surface area contributed by atoms with Gasteiger partial charge in [0.15, 0.2) is 6.61 Å². The second kappa shape index (κ2) is 7.82. The lowest BCUT2D eigenvalue weighted by Gasteiger charge is -2.08. The Kier molecular flexibility index (Phi) is 5.81. The minimum Gasteiger partial charge on any atom is -0.452 e. The number of esters is 1. The highest BCUT2D eigenvalue weighted by atomic mass is 79.9. The average Bonchev–Trinajstić information content (AvgIpc) is 2.54. The summed E-state index contributed by atoms with van der Waals surface area (Å²) >= 11 is 3.34. The number of carbonyl (C=O) groups is 2. The van der Waals surface area contributed by atoms with Gasteiger partial charge in [0.1, 0.15) is 11.6 Å². The van der Waals surface area contributed by atoms with Crippen molar-refractivity contribution < 1.29 is 23.1 Å². The second-order valence-corrected chi connectivity index (χ2v) is 5.42. The van der Waals surface area contributed by atoms with Gasteiger partial charge in [-0.3, -0.25) is 4.79 Å². The minimum absolute atomic E-state index is 0.242. The van der Waals surface area contributed by atoms with Crippen molar-refractivity contribution in [2.75, 3.05) is 6.61 Å². The van der Waals surface area contributed by atoms with Gasteiger partial charge in [-0.05, 0) is 29.8 Å². The summed E-state index contributed by atoms with van der Waals surface area (Å²) in [6, 6.07) is 9.72. The van der Waals surface area contributed by atoms with Crippen molar-refractivity contribution in [1.82, 2.24) is 5.32 Å². The summed E-state index contributed by atoms with van der Waals surface area (Å²) in [5.41, 5.74) is 0.298. The lowest BCUT2D eigenvalue weighted by molar-refractivity contribution is -0.124. The van der Waals surface area contributed by atoms with E-state index in [0.717, 1.165) is 28.2 Å². The van der Waals surface area contributed by atoms with Crippen LogP contribution in [0.3, 0.4) is 0 Å². The number of nitrogens with one attached hydrogen (secondary N) is 1. The largest absolute Gasteiger partial charge is 0.452 e. The Bertz CT molecular complexity index is 737. The molecule has 0 saturated heterocycles. The summed E-state index contributed by atoms with van der Waals surface area (Å²) in [7, 11) is 0. The van der Waals surface area contributed by atoms with Gasteiger partial charge in [-0.2, -0.15) is 0 Å². The predicted molar refractivity (Wildman–Crippen MR) is 82.6 cm³/mol. The van der Waals surface area contributed by atoms with Crippen LogP contribution in [0.25, 0.3) is 0 Å². The molecule has 7 heteroatoms. The van der Waals surface area contributed by atoms with E-state index in [1.807, 2.05) is 24.3 Å².